The lowest BCUT2D eigenvalue weighted by Gasteiger charge is -2.17. The average molecular weight is 368 g/mol. The highest BCUT2D eigenvalue weighted by molar-refractivity contribution is 6.21. The molecular weight excluding hydrogens is 352 g/mol. The summed E-state index contributed by atoms with van der Waals surface area (Å²) in [6.45, 7) is 0.909. The lowest BCUT2D eigenvalue weighted by atomic mass is 10.1. The molecule has 4 rings (SSSR count). The molecule has 1 saturated heterocycles. The first kappa shape index (κ1) is 17.2. The molecule has 1 fully saturated rings. The summed E-state index contributed by atoms with van der Waals surface area (Å²) in [7, 11) is 0. The summed E-state index contributed by atoms with van der Waals surface area (Å²) in [6.07, 6.45) is 1.66. The van der Waals surface area contributed by atoms with E-state index in [2.05, 4.69) is 0 Å². The van der Waals surface area contributed by atoms with Crippen molar-refractivity contribution in [2.75, 3.05) is 13.2 Å². The lowest BCUT2D eigenvalue weighted by Crippen LogP contribution is -2.36. The summed E-state index contributed by atoms with van der Waals surface area (Å²) >= 11 is 0. The molecule has 0 aromatic heterocycles. The van der Waals surface area contributed by atoms with Crippen LogP contribution >= 0.6 is 0 Å². The number of nitro benzene ring substituents is 1. The molecule has 1 atom stereocenters. The zero-order chi connectivity index (χ0) is 19.0. The number of imide groups is 1. The summed E-state index contributed by atoms with van der Waals surface area (Å²) in [5.74, 6) is 0.0864. The van der Waals surface area contributed by atoms with Crippen molar-refractivity contribution in [3.63, 3.8) is 0 Å². The van der Waals surface area contributed by atoms with Gasteiger partial charge >= 0.3 is 0 Å². The van der Waals surface area contributed by atoms with Crippen molar-refractivity contribution in [2.24, 2.45) is 0 Å². The normalized spacial score (nSPS) is 18.7. The van der Waals surface area contributed by atoms with Crippen molar-refractivity contribution >= 4 is 17.5 Å². The van der Waals surface area contributed by atoms with Crippen molar-refractivity contribution in [3.05, 3.63) is 63.7 Å². The molecule has 138 valence electrons. The minimum atomic E-state index is -0.494. The first-order valence-electron chi connectivity index (χ1n) is 8.57. The third-order valence-corrected chi connectivity index (χ3v) is 4.64. The van der Waals surface area contributed by atoms with E-state index in [1.807, 2.05) is 0 Å². The second-order valence-corrected chi connectivity index (χ2v) is 6.42. The Labute approximate surface area is 154 Å². The third-order valence-electron chi connectivity index (χ3n) is 4.64. The van der Waals surface area contributed by atoms with Crippen LogP contribution in [0.25, 0.3) is 0 Å². The number of nitrogens with zero attached hydrogens (tertiary/aromatic N) is 2. The van der Waals surface area contributed by atoms with Gasteiger partial charge in [0.25, 0.3) is 17.5 Å². The van der Waals surface area contributed by atoms with Crippen LogP contribution in [0.15, 0.2) is 42.5 Å². The van der Waals surface area contributed by atoms with Crippen LogP contribution in [0.3, 0.4) is 0 Å². The van der Waals surface area contributed by atoms with E-state index in [-0.39, 0.29) is 35.7 Å². The Morgan fingerprint density at radius 1 is 1.07 bits per heavy atom. The zero-order valence-corrected chi connectivity index (χ0v) is 14.3. The molecule has 0 N–H and O–H groups in total. The van der Waals surface area contributed by atoms with Crippen molar-refractivity contribution in [1.29, 1.82) is 0 Å². The zero-order valence-electron chi connectivity index (χ0n) is 14.3. The molecule has 2 aromatic rings. The first-order chi connectivity index (χ1) is 13.0. The molecule has 2 aromatic carbocycles. The molecule has 2 aliphatic rings. The van der Waals surface area contributed by atoms with E-state index in [0.29, 0.717) is 23.7 Å². The molecule has 2 aliphatic heterocycles. The van der Waals surface area contributed by atoms with Gasteiger partial charge in [-0.3, -0.25) is 24.6 Å². The van der Waals surface area contributed by atoms with E-state index in [9.17, 15) is 19.7 Å². The molecule has 2 amide bonds. The third kappa shape index (κ3) is 3.26. The van der Waals surface area contributed by atoms with Gasteiger partial charge < -0.3 is 9.47 Å². The van der Waals surface area contributed by atoms with Crippen LogP contribution in [0.4, 0.5) is 5.69 Å². The number of hydrogen-bond donors (Lipinski definition) is 0. The standard InChI is InChI=1S/C19H16N2O6/c22-18-16-8-7-14(27-13-5-3-12(4-6-13)21(24)25)10-17(16)19(23)20(18)11-15-2-1-9-26-15/h3-8,10,15H,1-2,9,11H2/t15-/m1/s1. The van der Waals surface area contributed by atoms with Gasteiger partial charge in [-0.2, -0.15) is 0 Å². The highest BCUT2D eigenvalue weighted by Gasteiger charge is 2.37. The van der Waals surface area contributed by atoms with Gasteiger partial charge in [0.15, 0.2) is 0 Å². The monoisotopic (exact) mass is 368 g/mol. The fourth-order valence-corrected chi connectivity index (χ4v) is 3.26. The SMILES string of the molecule is O=C1c2ccc(Oc3ccc([N+](=O)[O-])cc3)cc2C(=O)N1C[C@H]1CCCO1. The second kappa shape index (κ2) is 6.81. The summed E-state index contributed by atoms with van der Waals surface area (Å²) < 4.78 is 11.2. The van der Waals surface area contributed by atoms with E-state index in [1.165, 1.54) is 35.2 Å². The topological polar surface area (TPSA) is 99.0 Å². The van der Waals surface area contributed by atoms with Crippen LogP contribution in [0.5, 0.6) is 11.5 Å². The Morgan fingerprint density at radius 2 is 1.78 bits per heavy atom. The number of benzene rings is 2. The van der Waals surface area contributed by atoms with Crippen LogP contribution < -0.4 is 4.74 Å². The number of hydrogen-bond acceptors (Lipinski definition) is 6. The predicted octanol–water partition coefficient (Wildman–Crippen LogP) is 3.16. The summed E-state index contributed by atoms with van der Waals surface area (Å²) in [5, 5.41) is 10.7. The van der Waals surface area contributed by atoms with Gasteiger partial charge in [-0.25, -0.2) is 0 Å². The van der Waals surface area contributed by atoms with Gasteiger partial charge in [0, 0.05) is 18.7 Å². The molecule has 2 heterocycles. The number of carbonyl (C=O) groups is 2. The van der Waals surface area contributed by atoms with Gasteiger partial charge in [0.1, 0.15) is 11.5 Å². The number of non-ortho nitro benzene ring substituents is 1. The number of nitro groups is 1. The van der Waals surface area contributed by atoms with E-state index >= 15 is 0 Å². The Balaban J connectivity index is 1.52. The predicted molar refractivity (Wildman–Crippen MR) is 94.0 cm³/mol. The van der Waals surface area contributed by atoms with Crippen LogP contribution in [-0.2, 0) is 4.74 Å². The molecule has 27 heavy (non-hydrogen) atoms. The van der Waals surface area contributed by atoms with Gasteiger partial charge in [-0.1, -0.05) is 0 Å². The van der Waals surface area contributed by atoms with Crippen LogP contribution in [0, 0.1) is 10.1 Å². The van der Waals surface area contributed by atoms with E-state index in [1.54, 1.807) is 12.1 Å². The van der Waals surface area contributed by atoms with Crippen LogP contribution in [-0.4, -0.2) is 40.9 Å². The van der Waals surface area contributed by atoms with Crippen molar-refractivity contribution in [3.8, 4) is 11.5 Å². The van der Waals surface area contributed by atoms with Gasteiger partial charge in [0.05, 0.1) is 28.7 Å². The molecule has 0 saturated carbocycles. The maximum Gasteiger partial charge on any atom is 0.269 e. The van der Waals surface area contributed by atoms with E-state index in [0.717, 1.165) is 12.8 Å². The minimum Gasteiger partial charge on any atom is -0.457 e. The highest BCUT2D eigenvalue weighted by Crippen LogP contribution is 2.31. The molecule has 8 nitrogen and oxygen atoms in total. The van der Waals surface area contributed by atoms with E-state index < -0.39 is 4.92 Å². The quantitative estimate of drug-likeness (QED) is 0.457. The largest absolute Gasteiger partial charge is 0.457 e. The average Bonchev–Trinajstić information content (AvgIpc) is 3.25. The van der Waals surface area contributed by atoms with Crippen molar-refractivity contribution in [1.82, 2.24) is 4.90 Å². The molecule has 0 aliphatic carbocycles. The first-order valence-corrected chi connectivity index (χ1v) is 8.57. The minimum absolute atomic E-state index is 0.0400. The van der Waals surface area contributed by atoms with Gasteiger partial charge in [0.2, 0.25) is 0 Å². The number of rotatable bonds is 5. The van der Waals surface area contributed by atoms with Crippen LogP contribution in [0.2, 0.25) is 0 Å². The maximum absolute atomic E-state index is 12.6. The fourth-order valence-electron chi connectivity index (χ4n) is 3.26. The Bertz CT molecular complexity index is 918. The Morgan fingerprint density at radius 3 is 2.44 bits per heavy atom. The van der Waals surface area contributed by atoms with Crippen molar-refractivity contribution < 1.29 is 24.0 Å². The fraction of sp³-hybridized carbons (Fsp3) is 0.263. The lowest BCUT2D eigenvalue weighted by molar-refractivity contribution is -0.384. The number of carbonyl (C=O) groups excluding carboxylic acids is 2. The van der Waals surface area contributed by atoms with Crippen molar-refractivity contribution in [2.45, 2.75) is 18.9 Å². The summed E-state index contributed by atoms with van der Waals surface area (Å²) in [5.41, 5.74) is 0.591. The van der Waals surface area contributed by atoms with Gasteiger partial charge in [-0.05, 0) is 43.2 Å². The van der Waals surface area contributed by atoms with Crippen LogP contribution in [0.1, 0.15) is 33.6 Å². The number of amides is 2. The second-order valence-electron chi connectivity index (χ2n) is 6.42. The molecule has 8 heteroatoms. The Hall–Kier alpha value is -3.26. The summed E-state index contributed by atoms with van der Waals surface area (Å²) in [4.78, 5) is 36.6. The van der Waals surface area contributed by atoms with E-state index in [4.69, 9.17) is 9.47 Å². The summed E-state index contributed by atoms with van der Waals surface area (Å²) in [6, 6.07) is 10.3. The van der Waals surface area contributed by atoms with Gasteiger partial charge in [-0.15, -0.1) is 0 Å². The molecule has 0 unspecified atom stereocenters. The molecule has 0 bridgehead atoms. The molecule has 0 spiro atoms. The molecular formula is C19H16N2O6. The number of fused-ring (bicyclic) bond motifs is 1. The number of ether oxygens (including phenoxy) is 2. The maximum atomic E-state index is 12.6. The molecule has 0 radical (unpaired) electrons. The smallest absolute Gasteiger partial charge is 0.269 e. The highest BCUT2D eigenvalue weighted by atomic mass is 16.6. The Kier molecular flexibility index (Phi) is 4.33.